The third-order valence-corrected chi connectivity index (χ3v) is 6.76. The monoisotopic (exact) mass is 455 g/mol. The van der Waals surface area contributed by atoms with Crippen LogP contribution in [-0.4, -0.2) is 68.9 Å². The maximum Gasteiger partial charge on any atom is 0.235 e. The number of amides is 1. The van der Waals surface area contributed by atoms with Crippen LogP contribution in [0.25, 0.3) is 17.1 Å². The van der Waals surface area contributed by atoms with Crippen LogP contribution in [0.5, 0.6) is 0 Å². The lowest BCUT2D eigenvalue weighted by atomic mass is 10.2. The van der Waals surface area contributed by atoms with Crippen LogP contribution in [-0.2, 0) is 4.79 Å². The molecule has 3 aromatic rings. The number of aromatic nitrogens is 3. The van der Waals surface area contributed by atoms with Crippen LogP contribution in [0.15, 0.2) is 53.7 Å². The summed E-state index contributed by atoms with van der Waals surface area (Å²) in [4.78, 5) is 17.2. The molecule has 2 heterocycles. The van der Waals surface area contributed by atoms with Crippen LogP contribution in [0.2, 0.25) is 5.02 Å². The lowest BCUT2D eigenvalue weighted by Gasteiger charge is -2.33. The Morgan fingerprint density at radius 3 is 2.29 bits per heavy atom. The predicted molar refractivity (Wildman–Crippen MR) is 126 cm³/mol. The molecule has 1 atom stereocenters. The zero-order chi connectivity index (χ0) is 22.0. The maximum atomic E-state index is 13.0. The van der Waals surface area contributed by atoms with Gasteiger partial charge in [-0.3, -0.25) is 9.36 Å². The average Bonchev–Trinajstić information content (AvgIpc) is 3.18. The van der Waals surface area contributed by atoms with Crippen molar-refractivity contribution in [1.82, 2.24) is 24.6 Å². The summed E-state index contributed by atoms with van der Waals surface area (Å²) in [6.45, 7) is 7.35. The summed E-state index contributed by atoms with van der Waals surface area (Å²) < 4.78 is 2.01. The molecule has 0 saturated carbocycles. The van der Waals surface area contributed by atoms with Crippen LogP contribution in [0.3, 0.4) is 0 Å². The van der Waals surface area contributed by atoms with Crippen molar-refractivity contribution in [3.05, 3.63) is 59.1 Å². The first-order chi connectivity index (χ1) is 14.9. The van der Waals surface area contributed by atoms with Gasteiger partial charge >= 0.3 is 0 Å². The van der Waals surface area contributed by atoms with Gasteiger partial charge in [-0.2, -0.15) is 0 Å². The fourth-order valence-electron chi connectivity index (χ4n) is 3.55. The molecule has 4 rings (SSSR count). The molecule has 0 N–H and O–H groups in total. The number of aryl methyl sites for hydroxylation is 1. The number of hydrogen-bond donors (Lipinski definition) is 0. The van der Waals surface area contributed by atoms with Crippen LogP contribution in [0.1, 0.15) is 12.5 Å². The molecule has 1 aliphatic heterocycles. The van der Waals surface area contributed by atoms with Gasteiger partial charge in [-0.15, -0.1) is 10.2 Å². The molecule has 1 aromatic heterocycles. The summed E-state index contributed by atoms with van der Waals surface area (Å²) in [6.07, 6.45) is 0. The highest BCUT2D eigenvalue weighted by atomic mass is 35.5. The zero-order valence-corrected chi connectivity index (χ0v) is 19.5. The van der Waals surface area contributed by atoms with E-state index in [1.807, 2.05) is 40.7 Å². The fraction of sp³-hybridized carbons (Fsp3) is 0.348. The zero-order valence-electron chi connectivity index (χ0n) is 18.0. The minimum absolute atomic E-state index is 0.143. The Kier molecular flexibility index (Phi) is 6.65. The summed E-state index contributed by atoms with van der Waals surface area (Å²) in [6, 6.07) is 15.8. The molecule has 1 amide bonds. The van der Waals surface area contributed by atoms with Crippen molar-refractivity contribution in [2.24, 2.45) is 0 Å². The first kappa shape index (κ1) is 21.9. The normalized spacial score (nSPS) is 15.8. The predicted octanol–water partition coefficient (Wildman–Crippen LogP) is 4.15. The molecule has 2 aromatic carbocycles. The lowest BCUT2D eigenvalue weighted by molar-refractivity contribution is -0.131. The van der Waals surface area contributed by atoms with Crippen molar-refractivity contribution in [3.8, 4) is 17.1 Å². The molecular weight excluding hydrogens is 430 g/mol. The first-order valence-corrected chi connectivity index (χ1v) is 11.6. The topological polar surface area (TPSA) is 54.3 Å². The van der Waals surface area contributed by atoms with Gasteiger partial charge in [0.2, 0.25) is 5.91 Å². The largest absolute Gasteiger partial charge is 0.339 e. The average molecular weight is 456 g/mol. The Hall–Kier alpha value is -2.35. The molecule has 162 valence electrons. The van der Waals surface area contributed by atoms with Crippen molar-refractivity contribution >= 4 is 29.3 Å². The highest BCUT2D eigenvalue weighted by Crippen LogP contribution is 2.31. The minimum atomic E-state index is -0.255. The molecule has 0 spiro atoms. The Bertz CT molecular complexity index is 1040. The number of nitrogens with zero attached hydrogens (tertiary/aromatic N) is 5. The molecule has 8 heteroatoms. The Morgan fingerprint density at radius 1 is 1.00 bits per heavy atom. The number of hydrogen-bond acceptors (Lipinski definition) is 5. The fourth-order valence-corrected chi connectivity index (χ4v) is 4.63. The second kappa shape index (κ2) is 9.42. The van der Waals surface area contributed by atoms with E-state index in [1.165, 1.54) is 17.3 Å². The van der Waals surface area contributed by atoms with E-state index in [1.54, 1.807) is 0 Å². The van der Waals surface area contributed by atoms with E-state index in [0.717, 1.165) is 43.3 Å². The van der Waals surface area contributed by atoms with Gasteiger partial charge < -0.3 is 9.80 Å². The number of carbonyl (C=O) groups excluding carboxylic acids is 1. The van der Waals surface area contributed by atoms with Gasteiger partial charge in [0.25, 0.3) is 0 Å². The van der Waals surface area contributed by atoms with Crippen LogP contribution in [0, 0.1) is 6.92 Å². The third kappa shape index (κ3) is 4.95. The Balaban J connectivity index is 1.64. The summed E-state index contributed by atoms with van der Waals surface area (Å²) in [5.41, 5.74) is 3.06. The number of benzene rings is 2. The molecule has 1 fully saturated rings. The number of likely N-dealkylation sites (N-methyl/N-ethyl adjacent to an activating group) is 1. The summed E-state index contributed by atoms with van der Waals surface area (Å²) in [5, 5.41) is 10.0. The molecule has 1 saturated heterocycles. The number of piperazine rings is 1. The summed E-state index contributed by atoms with van der Waals surface area (Å²) in [7, 11) is 2.09. The smallest absolute Gasteiger partial charge is 0.235 e. The van der Waals surface area contributed by atoms with Gasteiger partial charge in [0.15, 0.2) is 11.0 Å². The van der Waals surface area contributed by atoms with Crippen LogP contribution < -0.4 is 0 Å². The second-order valence-corrected chi connectivity index (χ2v) is 9.62. The van der Waals surface area contributed by atoms with Crippen LogP contribution in [0.4, 0.5) is 0 Å². The lowest BCUT2D eigenvalue weighted by Crippen LogP contribution is -2.49. The molecule has 1 unspecified atom stereocenters. The van der Waals surface area contributed by atoms with Crippen molar-refractivity contribution in [2.45, 2.75) is 24.3 Å². The highest BCUT2D eigenvalue weighted by molar-refractivity contribution is 8.00. The van der Waals surface area contributed by atoms with Gasteiger partial charge in [0.05, 0.1) is 5.25 Å². The van der Waals surface area contributed by atoms with E-state index in [-0.39, 0.29) is 11.2 Å². The van der Waals surface area contributed by atoms with E-state index in [0.29, 0.717) is 10.2 Å². The van der Waals surface area contributed by atoms with Gasteiger partial charge in [-0.1, -0.05) is 41.1 Å². The van der Waals surface area contributed by atoms with Crippen molar-refractivity contribution < 1.29 is 4.79 Å². The number of halogens is 1. The quantitative estimate of drug-likeness (QED) is 0.541. The van der Waals surface area contributed by atoms with E-state index < -0.39 is 0 Å². The molecule has 1 aliphatic rings. The SMILES string of the molecule is Cc1ccc(-n2c(SC(C)C(=O)N3CCN(C)CC3)nnc2-c2ccc(Cl)cc2)cc1. The Labute approximate surface area is 192 Å². The second-order valence-electron chi connectivity index (χ2n) is 7.87. The van der Waals surface area contributed by atoms with Crippen molar-refractivity contribution in [3.63, 3.8) is 0 Å². The number of rotatable bonds is 5. The molecule has 0 bridgehead atoms. The van der Waals surface area contributed by atoms with Crippen molar-refractivity contribution in [1.29, 1.82) is 0 Å². The standard InChI is InChI=1S/C23H26ClN5OS/c1-16-4-10-20(11-5-16)29-21(18-6-8-19(24)9-7-18)25-26-23(29)31-17(2)22(30)28-14-12-27(3)13-15-28/h4-11,17H,12-15H2,1-3H3. The molecule has 0 radical (unpaired) electrons. The van der Waals surface area contributed by atoms with E-state index in [4.69, 9.17) is 11.6 Å². The third-order valence-electron chi connectivity index (χ3n) is 5.47. The highest BCUT2D eigenvalue weighted by Gasteiger charge is 2.27. The van der Waals surface area contributed by atoms with E-state index in [2.05, 4.69) is 53.3 Å². The molecule has 0 aliphatic carbocycles. The summed E-state index contributed by atoms with van der Waals surface area (Å²) in [5.74, 6) is 0.867. The maximum absolute atomic E-state index is 13.0. The molecular formula is C23H26ClN5OS. The number of thioether (sulfide) groups is 1. The Morgan fingerprint density at radius 2 is 1.65 bits per heavy atom. The van der Waals surface area contributed by atoms with Gasteiger partial charge in [0.1, 0.15) is 0 Å². The molecule has 6 nitrogen and oxygen atoms in total. The number of carbonyl (C=O) groups is 1. The molecule has 31 heavy (non-hydrogen) atoms. The van der Waals surface area contributed by atoms with Gasteiger partial charge in [-0.25, -0.2) is 0 Å². The summed E-state index contributed by atoms with van der Waals surface area (Å²) >= 11 is 7.52. The van der Waals surface area contributed by atoms with Gasteiger partial charge in [0, 0.05) is 42.5 Å². The van der Waals surface area contributed by atoms with Crippen LogP contribution >= 0.6 is 23.4 Å². The van der Waals surface area contributed by atoms with E-state index >= 15 is 0 Å². The first-order valence-electron chi connectivity index (χ1n) is 10.3. The minimum Gasteiger partial charge on any atom is -0.339 e. The van der Waals surface area contributed by atoms with E-state index in [9.17, 15) is 4.79 Å². The van der Waals surface area contributed by atoms with Gasteiger partial charge in [-0.05, 0) is 57.3 Å². The van der Waals surface area contributed by atoms with Crippen molar-refractivity contribution in [2.75, 3.05) is 33.2 Å².